The molecule has 9 nitrogen and oxygen atoms in total. The lowest BCUT2D eigenvalue weighted by atomic mass is 10.2. The fraction of sp³-hybridized carbons (Fsp3) is 0.304. The van der Waals surface area contributed by atoms with Gasteiger partial charge in [-0.1, -0.05) is 24.1 Å². The lowest BCUT2D eigenvalue weighted by Gasteiger charge is -2.26. The van der Waals surface area contributed by atoms with Crippen LogP contribution in [0.1, 0.15) is 35.2 Å². The first-order chi connectivity index (χ1) is 16.8. The zero-order chi connectivity index (χ0) is 25.0. The first kappa shape index (κ1) is 25.4. The average Bonchev–Trinajstić information content (AvgIpc) is 3.12. The normalized spacial score (nSPS) is 18.3. The molecule has 2 aromatic rings. The van der Waals surface area contributed by atoms with E-state index in [0.717, 1.165) is 35.9 Å². The Kier molecular flexibility index (Phi) is 7.90. The Morgan fingerprint density at radius 2 is 1.94 bits per heavy atom. The van der Waals surface area contributed by atoms with E-state index in [1.807, 2.05) is 0 Å². The molecule has 1 aromatic heterocycles. The third kappa shape index (κ3) is 5.75. The second-order valence-corrected chi connectivity index (χ2v) is 11.3. The third-order valence-corrected chi connectivity index (χ3v) is 8.89. The van der Waals surface area contributed by atoms with Crippen LogP contribution in [0.15, 0.2) is 52.5 Å². The van der Waals surface area contributed by atoms with Crippen LogP contribution in [0.2, 0.25) is 5.02 Å². The standard InChI is InChI=1S/C23H23ClN4O5S2/c24-18-7-6-17(14-20(18)35(32,33)27-10-2-1-3-11-27)21(29)26-9-12-28-22(30)19(34-23(28)31)13-16-5-4-8-25-15-16/h4-8,13-15H,1-3,9-12H2,(H,26,29)/b19-13-. The smallest absolute Gasteiger partial charge is 0.293 e. The highest BCUT2D eigenvalue weighted by molar-refractivity contribution is 8.18. The summed E-state index contributed by atoms with van der Waals surface area (Å²) < 4.78 is 27.4. The van der Waals surface area contributed by atoms with E-state index in [4.69, 9.17) is 11.6 Å². The van der Waals surface area contributed by atoms with Crippen molar-refractivity contribution in [1.29, 1.82) is 0 Å². The average molecular weight is 535 g/mol. The van der Waals surface area contributed by atoms with E-state index in [0.29, 0.717) is 18.7 Å². The summed E-state index contributed by atoms with van der Waals surface area (Å²) in [5.41, 5.74) is 0.819. The molecule has 35 heavy (non-hydrogen) atoms. The Hall–Kier alpha value is -2.73. The molecule has 0 bridgehead atoms. The number of hydrogen-bond acceptors (Lipinski definition) is 7. The van der Waals surface area contributed by atoms with Crippen molar-refractivity contribution in [2.24, 2.45) is 0 Å². The predicted molar refractivity (Wildman–Crippen MR) is 133 cm³/mol. The van der Waals surface area contributed by atoms with Crippen LogP contribution in [-0.2, 0) is 14.8 Å². The van der Waals surface area contributed by atoms with Gasteiger partial charge in [-0.2, -0.15) is 4.31 Å². The summed E-state index contributed by atoms with van der Waals surface area (Å²) >= 11 is 6.99. The molecule has 184 valence electrons. The highest BCUT2D eigenvalue weighted by Crippen LogP contribution is 2.32. The molecule has 0 unspecified atom stereocenters. The molecule has 0 atom stereocenters. The second kappa shape index (κ2) is 10.9. The summed E-state index contributed by atoms with van der Waals surface area (Å²) in [7, 11) is -3.82. The van der Waals surface area contributed by atoms with Crippen LogP contribution in [0.4, 0.5) is 4.79 Å². The molecule has 2 aliphatic rings. The first-order valence-corrected chi connectivity index (χ1v) is 13.6. The van der Waals surface area contributed by atoms with Crippen molar-refractivity contribution in [3.8, 4) is 0 Å². The van der Waals surface area contributed by atoms with Gasteiger partial charge in [-0.25, -0.2) is 8.42 Å². The van der Waals surface area contributed by atoms with Gasteiger partial charge in [0.25, 0.3) is 17.1 Å². The number of amides is 3. The van der Waals surface area contributed by atoms with Crippen molar-refractivity contribution < 1.29 is 22.8 Å². The first-order valence-electron chi connectivity index (χ1n) is 11.0. The van der Waals surface area contributed by atoms with E-state index in [-0.39, 0.29) is 33.5 Å². The van der Waals surface area contributed by atoms with Gasteiger partial charge in [0.15, 0.2) is 0 Å². The quantitative estimate of drug-likeness (QED) is 0.541. The molecule has 0 radical (unpaired) electrons. The van der Waals surface area contributed by atoms with E-state index in [2.05, 4.69) is 10.3 Å². The number of nitrogens with one attached hydrogen (secondary N) is 1. The zero-order valence-electron chi connectivity index (χ0n) is 18.6. The number of carbonyl (C=O) groups excluding carboxylic acids is 3. The zero-order valence-corrected chi connectivity index (χ0v) is 21.0. The number of sulfonamides is 1. The number of halogens is 1. The fourth-order valence-electron chi connectivity index (χ4n) is 3.78. The van der Waals surface area contributed by atoms with E-state index < -0.39 is 27.1 Å². The summed E-state index contributed by atoms with van der Waals surface area (Å²) in [6.45, 7) is 0.825. The molecule has 1 aromatic carbocycles. The number of rotatable bonds is 7. The third-order valence-electron chi connectivity index (χ3n) is 5.60. The molecule has 1 N–H and O–H groups in total. The molecule has 2 saturated heterocycles. The molecule has 0 saturated carbocycles. The predicted octanol–water partition coefficient (Wildman–Crippen LogP) is 3.38. The van der Waals surface area contributed by atoms with E-state index in [1.54, 1.807) is 30.6 Å². The van der Waals surface area contributed by atoms with Crippen LogP contribution in [0.5, 0.6) is 0 Å². The highest BCUT2D eigenvalue weighted by atomic mass is 35.5. The topological polar surface area (TPSA) is 117 Å². The SMILES string of the molecule is O=C(NCCN1C(=O)S/C(=C\c2cccnc2)C1=O)c1ccc(Cl)c(S(=O)(=O)N2CCCCC2)c1. The number of pyridine rings is 1. The summed E-state index contributed by atoms with van der Waals surface area (Å²) in [6.07, 6.45) is 7.32. The molecule has 3 heterocycles. The van der Waals surface area contributed by atoms with Gasteiger partial charge in [-0.3, -0.25) is 24.3 Å². The Morgan fingerprint density at radius 1 is 1.17 bits per heavy atom. The van der Waals surface area contributed by atoms with E-state index in [1.165, 1.54) is 22.5 Å². The van der Waals surface area contributed by atoms with Crippen molar-refractivity contribution >= 4 is 56.5 Å². The van der Waals surface area contributed by atoms with Gasteiger partial charge in [-0.15, -0.1) is 0 Å². The van der Waals surface area contributed by atoms with Crippen LogP contribution < -0.4 is 5.32 Å². The minimum Gasteiger partial charge on any atom is -0.350 e. The number of thioether (sulfide) groups is 1. The molecule has 2 fully saturated rings. The molecular formula is C23H23ClN4O5S2. The Labute approximate surface area is 212 Å². The molecule has 3 amide bonds. The van der Waals surface area contributed by atoms with Crippen LogP contribution >= 0.6 is 23.4 Å². The Morgan fingerprint density at radius 3 is 2.66 bits per heavy atom. The maximum atomic E-state index is 13.0. The van der Waals surface area contributed by atoms with Gasteiger partial charge in [0.1, 0.15) is 4.90 Å². The largest absolute Gasteiger partial charge is 0.350 e. The molecule has 2 aliphatic heterocycles. The summed E-state index contributed by atoms with van der Waals surface area (Å²) in [4.78, 5) is 42.8. The van der Waals surface area contributed by atoms with Crippen LogP contribution in [0, 0.1) is 0 Å². The minimum absolute atomic E-state index is 0.00782. The molecule has 0 spiro atoms. The van der Waals surface area contributed by atoms with Crippen LogP contribution in [-0.4, -0.2) is 65.8 Å². The number of hydrogen-bond donors (Lipinski definition) is 1. The summed E-state index contributed by atoms with van der Waals surface area (Å²) in [5, 5.41) is 2.25. The van der Waals surface area contributed by atoms with Crippen molar-refractivity contribution in [1.82, 2.24) is 19.5 Å². The lowest BCUT2D eigenvalue weighted by Crippen LogP contribution is -2.37. The fourth-order valence-corrected chi connectivity index (χ4v) is 6.66. The molecule has 0 aliphatic carbocycles. The number of benzene rings is 1. The van der Waals surface area contributed by atoms with Gasteiger partial charge >= 0.3 is 0 Å². The lowest BCUT2D eigenvalue weighted by molar-refractivity contribution is -0.122. The van der Waals surface area contributed by atoms with Gasteiger partial charge in [0.2, 0.25) is 10.0 Å². The van der Waals surface area contributed by atoms with Gasteiger partial charge in [0.05, 0.1) is 9.93 Å². The number of aromatic nitrogens is 1. The van der Waals surface area contributed by atoms with Crippen molar-refractivity contribution in [3.63, 3.8) is 0 Å². The van der Waals surface area contributed by atoms with Crippen molar-refractivity contribution in [2.75, 3.05) is 26.2 Å². The molecular weight excluding hydrogens is 512 g/mol. The highest BCUT2D eigenvalue weighted by Gasteiger charge is 2.35. The monoisotopic (exact) mass is 534 g/mol. The van der Waals surface area contributed by atoms with Crippen molar-refractivity contribution in [2.45, 2.75) is 24.2 Å². The molecule has 12 heteroatoms. The van der Waals surface area contributed by atoms with E-state index >= 15 is 0 Å². The number of nitrogens with zero attached hydrogens (tertiary/aromatic N) is 3. The van der Waals surface area contributed by atoms with Gasteiger partial charge in [0, 0.05) is 44.1 Å². The maximum absolute atomic E-state index is 13.0. The number of carbonyl (C=O) groups is 3. The van der Waals surface area contributed by atoms with E-state index in [9.17, 15) is 22.8 Å². The molecule has 4 rings (SSSR count). The van der Waals surface area contributed by atoms with Gasteiger partial charge in [-0.05, 0) is 60.5 Å². The van der Waals surface area contributed by atoms with Crippen LogP contribution in [0.3, 0.4) is 0 Å². The Balaban J connectivity index is 1.39. The summed E-state index contributed by atoms with van der Waals surface area (Å²) in [6, 6.07) is 7.58. The van der Waals surface area contributed by atoms with Crippen LogP contribution in [0.25, 0.3) is 6.08 Å². The second-order valence-electron chi connectivity index (χ2n) is 7.99. The summed E-state index contributed by atoms with van der Waals surface area (Å²) in [5.74, 6) is -0.978. The van der Waals surface area contributed by atoms with Crippen molar-refractivity contribution in [3.05, 3.63) is 63.8 Å². The number of imide groups is 1. The van der Waals surface area contributed by atoms with Gasteiger partial charge < -0.3 is 5.32 Å². The Bertz CT molecular complexity index is 1280. The minimum atomic E-state index is -3.82. The maximum Gasteiger partial charge on any atom is 0.293 e. The number of piperidine rings is 1.